The minimum Gasteiger partial charge on any atom is -0.393 e. The molecule has 4 aliphatic rings. The molecule has 3 unspecified atom stereocenters. The van der Waals surface area contributed by atoms with E-state index < -0.39 is 0 Å². The number of hydrogen-bond donors (Lipinski definition) is 1. The summed E-state index contributed by atoms with van der Waals surface area (Å²) < 4.78 is 5.53. The highest BCUT2D eigenvalue weighted by Gasteiger charge is 2.57. The molecule has 2 fully saturated rings. The van der Waals surface area contributed by atoms with E-state index in [4.69, 9.17) is 4.52 Å². The number of allylic oxidation sites excluding steroid dienone is 3. The van der Waals surface area contributed by atoms with Gasteiger partial charge in [0.25, 0.3) is 0 Å². The second-order valence-electron chi connectivity index (χ2n) is 9.34. The first-order valence-corrected chi connectivity index (χ1v) is 10.0. The summed E-state index contributed by atoms with van der Waals surface area (Å²) in [4.78, 5) is 0. The lowest BCUT2D eigenvalue weighted by Crippen LogP contribution is -2.49. The Balaban J connectivity index is 1.48. The van der Waals surface area contributed by atoms with Gasteiger partial charge in [-0.3, -0.25) is 0 Å². The third kappa shape index (κ3) is 2.11. The number of hydrogen-bond acceptors (Lipinski definition) is 3. The molecule has 134 valence electrons. The van der Waals surface area contributed by atoms with Crippen LogP contribution in [0.1, 0.15) is 64.6 Å². The van der Waals surface area contributed by atoms with Crippen molar-refractivity contribution < 1.29 is 9.63 Å². The minimum absolute atomic E-state index is 0.115. The van der Waals surface area contributed by atoms with Crippen LogP contribution in [0.4, 0.5) is 0 Å². The molecule has 1 N–H and O–H groups in total. The largest absolute Gasteiger partial charge is 0.393 e. The van der Waals surface area contributed by atoms with Gasteiger partial charge < -0.3 is 9.63 Å². The van der Waals surface area contributed by atoms with Crippen LogP contribution in [0.25, 0.3) is 5.57 Å². The first kappa shape index (κ1) is 15.9. The highest BCUT2D eigenvalue weighted by molar-refractivity contribution is 5.69. The molecular weight excluding hydrogens is 310 g/mol. The number of rotatable bonds is 1. The molecule has 3 heteroatoms. The van der Waals surface area contributed by atoms with Crippen LogP contribution in [0.2, 0.25) is 0 Å². The third-order valence-corrected chi connectivity index (χ3v) is 8.36. The van der Waals surface area contributed by atoms with Gasteiger partial charge in [-0.05, 0) is 79.1 Å². The zero-order valence-electron chi connectivity index (χ0n) is 15.4. The van der Waals surface area contributed by atoms with E-state index in [0.29, 0.717) is 11.3 Å². The van der Waals surface area contributed by atoms with Crippen molar-refractivity contribution in [2.45, 2.75) is 64.9 Å². The van der Waals surface area contributed by atoms with Crippen LogP contribution in [-0.2, 0) is 0 Å². The van der Waals surface area contributed by atoms with Crippen LogP contribution in [-0.4, -0.2) is 16.4 Å². The topological polar surface area (TPSA) is 46.3 Å². The smallest absolute Gasteiger partial charge is 0.163 e. The lowest BCUT2D eigenvalue weighted by Gasteiger charge is -2.57. The summed E-state index contributed by atoms with van der Waals surface area (Å²) in [5.41, 5.74) is 3.50. The summed E-state index contributed by atoms with van der Waals surface area (Å²) in [7, 11) is 0. The number of aromatic nitrogens is 1. The number of aliphatic hydroxyl groups is 1. The Bertz CT molecular complexity index is 733. The van der Waals surface area contributed by atoms with E-state index in [1.165, 1.54) is 31.3 Å². The molecule has 0 aliphatic heterocycles. The first-order valence-electron chi connectivity index (χ1n) is 10.0. The molecule has 25 heavy (non-hydrogen) atoms. The molecule has 1 aromatic heterocycles. The van der Waals surface area contributed by atoms with Crippen LogP contribution < -0.4 is 0 Å². The fraction of sp³-hybridized carbons (Fsp3) is 0.682. The fourth-order valence-electron chi connectivity index (χ4n) is 6.95. The molecule has 1 aromatic rings. The Hall–Kier alpha value is -1.35. The second kappa shape index (κ2) is 5.33. The normalized spacial score (nSPS) is 45.9. The van der Waals surface area contributed by atoms with E-state index in [0.717, 1.165) is 36.9 Å². The van der Waals surface area contributed by atoms with Crippen LogP contribution in [0.5, 0.6) is 0 Å². The average molecular weight is 339 g/mol. The van der Waals surface area contributed by atoms with Crippen molar-refractivity contribution in [3.63, 3.8) is 0 Å². The van der Waals surface area contributed by atoms with Crippen molar-refractivity contribution in [2.24, 2.45) is 28.6 Å². The molecule has 1 heterocycles. The maximum atomic E-state index is 10.1. The summed E-state index contributed by atoms with van der Waals surface area (Å²) in [6.07, 6.45) is 14.5. The van der Waals surface area contributed by atoms with Gasteiger partial charge in [-0.1, -0.05) is 36.7 Å². The molecule has 0 bridgehead atoms. The highest BCUT2D eigenvalue weighted by Crippen LogP contribution is 2.66. The summed E-state index contributed by atoms with van der Waals surface area (Å²) >= 11 is 0. The third-order valence-electron chi connectivity index (χ3n) is 8.36. The van der Waals surface area contributed by atoms with Gasteiger partial charge in [-0.2, -0.15) is 0 Å². The molecule has 0 aromatic carbocycles. The number of nitrogens with zero attached hydrogens (tertiary/aromatic N) is 1. The molecule has 3 nitrogen and oxygen atoms in total. The van der Waals surface area contributed by atoms with Gasteiger partial charge in [-0.25, -0.2) is 0 Å². The fourth-order valence-corrected chi connectivity index (χ4v) is 6.95. The van der Waals surface area contributed by atoms with Crippen LogP contribution in [0.3, 0.4) is 0 Å². The Morgan fingerprint density at radius 1 is 1.08 bits per heavy atom. The monoisotopic (exact) mass is 339 g/mol. The summed E-state index contributed by atoms with van der Waals surface area (Å²) in [6.45, 7) is 4.95. The summed E-state index contributed by atoms with van der Waals surface area (Å²) in [5.74, 6) is 3.23. The quantitative estimate of drug-likeness (QED) is 0.733. The van der Waals surface area contributed by atoms with E-state index in [9.17, 15) is 5.11 Å². The second-order valence-corrected chi connectivity index (χ2v) is 9.34. The summed E-state index contributed by atoms with van der Waals surface area (Å²) in [6, 6.07) is 2.02. The maximum Gasteiger partial charge on any atom is 0.163 e. The van der Waals surface area contributed by atoms with E-state index in [1.807, 2.05) is 6.07 Å². The SMILES string of the molecule is C[C@]12CC[C@H](O)CC1=CCC1C2CC[C@]2(C)C(c3ccno3)=CCC12. The predicted molar refractivity (Wildman–Crippen MR) is 97.6 cm³/mol. The standard InChI is InChI=1S/C22H29NO2/c1-21-10-7-15(24)13-14(21)3-4-16-17-5-6-19(20-9-12-23-25-20)22(17,2)11-8-18(16)21/h3,6,9,12,15-18,24H,4-5,7-8,10-11,13H2,1-2H3/t15-,16?,17?,18?,21-,22-/m0/s1. The maximum absolute atomic E-state index is 10.1. The van der Waals surface area contributed by atoms with Gasteiger partial charge in [0.1, 0.15) is 0 Å². The van der Waals surface area contributed by atoms with Gasteiger partial charge in [0.2, 0.25) is 0 Å². The number of aliphatic hydroxyl groups excluding tert-OH is 1. The van der Waals surface area contributed by atoms with Crippen LogP contribution in [0, 0.1) is 28.6 Å². The van der Waals surface area contributed by atoms with Gasteiger partial charge >= 0.3 is 0 Å². The molecule has 0 spiro atoms. The lowest BCUT2D eigenvalue weighted by atomic mass is 9.47. The van der Waals surface area contributed by atoms with Crippen LogP contribution >= 0.6 is 0 Å². The van der Waals surface area contributed by atoms with E-state index in [2.05, 4.69) is 31.2 Å². The Morgan fingerprint density at radius 3 is 2.72 bits per heavy atom. The Labute approximate surface area is 150 Å². The van der Waals surface area contributed by atoms with E-state index >= 15 is 0 Å². The molecule has 0 saturated heterocycles. The predicted octanol–water partition coefficient (Wildman–Crippen LogP) is 4.99. The van der Waals surface area contributed by atoms with E-state index in [-0.39, 0.29) is 11.5 Å². The first-order chi connectivity index (χ1) is 12.0. The van der Waals surface area contributed by atoms with Crippen molar-refractivity contribution in [2.75, 3.05) is 0 Å². The van der Waals surface area contributed by atoms with E-state index in [1.54, 1.807) is 11.8 Å². The molecular formula is C22H29NO2. The molecule has 0 radical (unpaired) electrons. The minimum atomic E-state index is -0.115. The highest BCUT2D eigenvalue weighted by atomic mass is 16.5. The van der Waals surface area contributed by atoms with Gasteiger partial charge in [0.05, 0.1) is 12.3 Å². The van der Waals surface area contributed by atoms with Crippen molar-refractivity contribution in [3.8, 4) is 0 Å². The molecule has 5 rings (SSSR count). The van der Waals surface area contributed by atoms with Gasteiger partial charge in [0, 0.05) is 6.07 Å². The average Bonchev–Trinajstić information content (AvgIpc) is 3.22. The Kier molecular flexibility index (Phi) is 3.38. The molecule has 6 atom stereocenters. The number of fused-ring (bicyclic) bond motifs is 5. The van der Waals surface area contributed by atoms with Gasteiger partial charge in [0.15, 0.2) is 5.76 Å². The summed E-state index contributed by atoms with van der Waals surface area (Å²) in [5, 5.41) is 14.1. The molecule has 4 aliphatic carbocycles. The Morgan fingerprint density at radius 2 is 1.92 bits per heavy atom. The molecule has 2 saturated carbocycles. The lowest BCUT2D eigenvalue weighted by molar-refractivity contribution is -0.0241. The zero-order chi connectivity index (χ0) is 17.2. The van der Waals surface area contributed by atoms with Crippen molar-refractivity contribution in [1.82, 2.24) is 5.16 Å². The van der Waals surface area contributed by atoms with Gasteiger partial charge in [-0.15, -0.1) is 0 Å². The van der Waals surface area contributed by atoms with Crippen molar-refractivity contribution in [1.29, 1.82) is 0 Å². The van der Waals surface area contributed by atoms with Crippen LogP contribution in [0.15, 0.2) is 34.5 Å². The van der Waals surface area contributed by atoms with Crippen molar-refractivity contribution in [3.05, 3.63) is 35.7 Å². The molecule has 0 amide bonds. The van der Waals surface area contributed by atoms with Crippen molar-refractivity contribution >= 4 is 5.57 Å². The zero-order valence-corrected chi connectivity index (χ0v) is 15.4.